The molecule has 0 saturated carbocycles. The molecule has 1 aromatic rings. The van der Waals surface area contributed by atoms with Crippen molar-refractivity contribution in [3.63, 3.8) is 0 Å². The number of nitrogens with one attached hydrogen (secondary N) is 1. The molecule has 1 N–H and O–H groups in total. The van der Waals surface area contributed by atoms with Crippen LogP contribution in [0.4, 0.5) is 5.69 Å². The number of anilines is 1. The van der Waals surface area contributed by atoms with E-state index in [1.807, 2.05) is 13.0 Å². The van der Waals surface area contributed by atoms with Gasteiger partial charge in [-0.15, -0.1) is 0 Å². The van der Waals surface area contributed by atoms with E-state index in [1.54, 1.807) is 20.1 Å². The van der Waals surface area contributed by atoms with Crippen molar-refractivity contribution in [3.8, 4) is 5.75 Å². The molecule has 0 aliphatic heterocycles. The minimum absolute atomic E-state index is 0.0367. The van der Waals surface area contributed by atoms with Gasteiger partial charge < -0.3 is 4.74 Å². The van der Waals surface area contributed by atoms with Crippen LogP contribution in [0.25, 0.3) is 0 Å². The third kappa shape index (κ3) is 3.86. The van der Waals surface area contributed by atoms with Crippen molar-refractivity contribution in [3.05, 3.63) is 23.3 Å². The molecule has 0 amide bonds. The minimum atomic E-state index is -3.31. The van der Waals surface area contributed by atoms with Gasteiger partial charge in [0, 0.05) is 5.56 Å². The van der Waals surface area contributed by atoms with Crippen LogP contribution in [0.5, 0.6) is 5.75 Å². The Balaban J connectivity index is 3.44. The highest BCUT2D eigenvalue weighted by Gasteiger charge is 2.23. The van der Waals surface area contributed by atoms with Gasteiger partial charge >= 0.3 is 0 Å². The molecular formula is C14H23NO3S. The highest BCUT2D eigenvalue weighted by molar-refractivity contribution is 7.92. The summed E-state index contributed by atoms with van der Waals surface area (Å²) in [5, 5.41) is 0. The Morgan fingerprint density at radius 2 is 1.84 bits per heavy atom. The fraction of sp³-hybridized carbons (Fsp3) is 0.571. The largest absolute Gasteiger partial charge is 0.494 e. The monoisotopic (exact) mass is 285 g/mol. The van der Waals surface area contributed by atoms with Crippen LogP contribution in [-0.4, -0.2) is 21.3 Å². The lowest BCUT2D eigenvalue weighted by Crippen LogP contribution is -2.18. The maximum Gasteiger partial charge on any atom is 0.232 e. The first-order valence-corrected chi connectivity index (χ1v) is 7.95. The van der Waals surface area contributed by atoms with Crippen molar-refractivity contribution in [1.82, 2.24) is 0 Å². The van der Waals surface area contributed by atoms with Gasteiger partial charge in [0.15, 0.2) is 0 Å². The van der Waals surface area contributed by atoms with Crippen LogP contribution >= 0.6 is 0 Å². The molecule has 0 heterocycles. The number of aryl methyl sites for hydroxylation is 1. The predicted molar refractivity (Wildman–Crippen MR) is 79.5 cm³/mol. The van der Waals surface area contributed by atoms with Gasteiger partial charge in [-0.25, -0.2) is 8.42 Å². The number of hydrogen-bond acceptors (Lipinski definition) is 3. The first-order valence-electron chi connectivity index (χ1n) is 6.30. The third-order valence-corrected chi connectivity index (χ3v) is 4.18. The standard InChI is InChI=1S/C14H23NO3S/c1-7-19(16,17)15-12-9-10(2)8-11(13(12)18-6)14(3,4)5/h8-9,15H,7H2,1-6H3. The molecule has 0 fully saturated rings. The third-order valence-electron chi connectivity index (χ3n) is 2.89. The fourth-order valence-electron chi connectivity index (χ4n) is 1.87. The van der Waals surface area contributed by atoms with Crippen molar-refractivity contribution < 1.29 is 13.2 Å². The van der Waals surface area contributed by atoms with Gasteiger partial charge in [-0.3, -0.25) is 4.72 Å². The maximum absolute atomic E-state index is 11.7. The van der Waals surface area contributed by atoms with Crippen molar-refractivity contribution in [2.45, 2.75) is 40.0 Å². The molecule has 0 spiro atoms. The summed E-state index contributed by atoms with van der Waals surface area (Å²) in [7, 11) is -1.75. The Kier molecular flexibility index (Phi) is 4.50. The van der Waals surface area contributed by atoms with E-state index >= 15 is 0 Å². The summed E-state index contributed by atoms with van der Waals surface area (Å²) in [6, 6.07) is 3.82. The molecule has 0 bridgehead atoms. The number of ether oxygens (including phenoxy) is 1. The van der Waals surface area contributed by atoms with E-state index in [1.165, 1.54) is 0 Å². The SMILES string of the molecule is CCS(=O)(=O)Nc1cc(C)cc(C(C)(C)C)c1OC. The van der Waals surface area contributed by atoms with Gasteiger partial charge in [0.2, 0.25) is 10.0 Å². The van der Waals surface area contributed by atoms with Crippen LogP contribution in [0.2, 0.25) is 0 Å². The van der Waals surface area contributed by atoms with E-state index in [4.69, 9.17) is 4.74 Å². The van der Waals surface area contributed by atoms with Gasteiger partial charge in [0.1, 0.15) is 5.75 Å². The lowest BCUT2D eigenvalue weighted by molar-refractivity contribution is 0.399. The molecule has 108 valence electrons. The van der Waals surface area contributed by atoms with Crippen LogP contribution in [0.1, 0.15) is 38.8 Å². The summed E-state index contributed by atoms with van der Waals surface area (Å²) < 4.78 is 31.5. The van der Waals surface area contributed by atoms with Crippen molar-refractivity contribution in [2.75, 3.05) is 17.6 Å². The molecule has 0 atom stereocenters. The van der Waals surface area contributed by atoms with Crippen molar-refractivity contribution in [2.24, 2.45) is 0 Å². The zero-order valence-corrected chi connectivity index (χ0v) is 13.3. The van der Waals surface area contributed by atoms with Crippen molar-refractivity contribution >= 4 is 15.7 Å². The lowest BCUT2D eigenvalue weighted by atomic mass is 9.85. The zero-order chi connectivity index (χ0) is 14.8. The summed E-state index contributed by atoms with van der Waals surface area (Å²) in [6.07, 6.45) is 0. The van der Waals surface area contributed by atoms with Crippen LogP contribution < -0.4 is 9.46 Å². The Labute approximate surface area is 116 Å². The predicted octanol–water partition coefficient (Wildman–Crippen LogP) is 3.06. The van der Waals surface area contributed by atoms with Crippen LogP contribution in [-0.2, 0) is 15.4 Å². The van der Waals surface area contributed by atoms with Gasteiger partial charge in [0.05, 0.1) is 18.6 Å². The summed E-state index contributed by atoms with van der Waals surface area (Å²) in [4.78, 5) is 0. The Bertz CT molecular complexity index is 557. The van der Waals surface area contributed by atoms with Gasteiger partial charge in [0.25, 0.3) is 0 Å². The van der Waals surface area contributed by atoms with E-state index < -0.39 is 10.0 Å². The fourth-order valence-corrected chi connectivity index (χ4v) is 2.50. The second-order valence-electron chi connectivity index (χ2n) is 5.65. The highest BCUT2D eigenvalue weighted by atomic mass is 32.2. The number of methoxy groups -OCH3 is 1. The molecule has 5 heteroatoms. The van der Waals surface area contributed by atoms with Crippen LogP contribution in [0.3, 0.4) is 0 Å². The molecule has 0 unspecified atom stereocenters. The minimum Gasteiger partial charge on any atom is -0.494 e. The number of rotatable bonds is 4. The Hall–Kier alpha value is -1.23. The summed E-state index contributed by atoms with van der Waals surface area (Å²) in [6.45, 7) is 9.76. The Morgan fingerprint density at radius 3 is 2.26 bits per heavy atom. The van der Waals surface area contributed by atoms with Crippen LogP contribution in [0.15, 0.2) is 12.1 Å². The second kappa shape index (κ2) is 5.41. The topological polar surface area (TPSA) is 55.4 Å². The molecule has 1 aromatic carbocycles. The first-order chi connectivity index (χ1) is 8.60. The average molecular weight is 285 g/mol. The van der Waals surface area contributed by atoms with Gasteiger partial charge in [-0.05, 0) is 30.9 Å². The van der Waals surface area contributed by atoms with E-state index in [0.717, 1.165) is 11.1 Å². The van der Waals surface area contributed by atoms with Gasteiger partial charge in [-0.1, -0.05) is 26.8 Å². The number of benzene rings is 1. The second-order valence-corrected chi connectivity index (χ2v) is 7.66. The van der Waals surface area contributed by atoms with E-state index in [9.17, 15) is 8.42 Å². The normalized spacial score (nSPS) is 12.3. The summed E-state index contributed by atoms with van der Waals surface area (Å²) in [5.74, 6) is 0.629. The zero-order valence-electron chi connectivity index (χ0n) is 12.5. The molecule has 1 rings (SSSR count). The quantitative estimate of drug-likeness (QED) is 0.925. The van der Waals surface area contributed by atoms with E-state index in [2.05, 4.69) is 25.5 Å². The summed E-state index contributed by atoms with van der Waals surface area (Å²) in [5.41, 5.74) is 2.38. The van der Waals surface area contributed by atoms with Gasteiger partial charge in [-0.2, -0.15) is 0 Å². The molecule has 4 nitrogen and oxygen atoms in total. The van der Waals surface area contributed by atoms with Crippen molar-refractivity contribution in [1.29, 1.82) is 0 Å². The van der Waals surface area contributed by atoms with E-state index in [0.29, 0.717) is 11.4 Å². The number of hydrogen-bond donors (Lipinski definition) is 1. The Morgan fingerprint density at radius 1 is 1.26 bits per heavy atom. The maximum atomic E-state index is 11.7. The highest BCUT2D eigenvalue weighted by Crippen LogP contribution is 2.38. The molecule has 0 radical (unpaired) electrons. The molecule has 0 aliphatic carbocycles. The molecular weight excluding hydrogens is 262 g/mol. The summed E-state index contributed by atoms with van der Waals surface area (Å²) >= 11 is 0. The number of sulfonamides is 1. The average Bonchev–Trinajstić information content (AvgIpc) is 2.26. The lowest BCUT2D eigenvalue weighted by Gasteiger charge is -2.25. The molecule has 0 aromatic heterocycles. The smallest absolute Gasteiger partial charge is 0.232 e. The molecule has 0 aliphatic rings. The first kappa shape index (κ1) is 15.8. The van der Waals surface area contributed by atoms with Crippen LogP contribution in [0, 0.1) is 6.92 Å². The molecule has 19 heavy (non-hydrogen) atoms. The van der Waals surface area contributed by atoms with E-state index in [-0.39, 0.29) is 11.2 Å². The molecule has 0 saturated heterocycles.